The first-order valence-corrected chi connectivity index (χ1v) is 5.35. The number of anilines is 1. The van der Waals surface area contributed by atoms with Crippen LogP contribution in [0.1, 0.15) is 0 Å². The summed E-state index contributed by atoms with van der Waals surface area (Å²) in [5.74, 6) is -1.36. The molecule has 104 valence electrons. The summed E-state index contributed by atoms with van der Waals surface area (Å²) in [7, 11) is 1.49. The summed E-state index contributed by atoms with van der Waals surface area (Å²) in [5, 5.41) is 12.7. The van der Waals surface area contributed by atoms with Gasteiger partial charge in [0.15, 0.2) is 0 Å². The maximum Gasteiger partial charge on any atom is 0.271 e. The monoisotopic (exact) mass is 272 g/mol. The number of non-ortho nitro benzene ring substituents is 1. The molecule has 0 aliphatic heterocycles. The number of methoxy groups -OCH3 is 1. The molecule has 1 rings (SSSR count). The Labute approximate surface area is 108 Å². The highest BCUT2D eigenvalue weighted by molar-refractivity contribution is 5.92. The molecule has 0 fully saturated rings. The Balaban J connectivity index is 2.58. The molecule has 1 amide bonds. The van der Waals surface area contributed by atoms with Gasteiger partial charge in [-0.3, -0.25) is 14.9 Å². The van der Waals surface area contributed by atoms with Gasteiger partial charge in [-0.25, -0.2) is 4.39 Å². The normalized spacial score (nSPS) is 10.2. The topological polar surface area (TPSA) is 90.7 Å². The lowest BCUT2D eigenvalue weighted by molar-refractivity contribution is -0.384. The van der Waals surface area contributed by atoms with Crippen molar-refractivity contribution in [1.29, 1.82) is 0 Å². The molecule has 0 bridgehead atoms. The highest BCUT2D eigenvalue weighted by Crippen LogP contribution is 2.20. The van der Waals surface area contributed by atoms with E-state index in [-0.39, 0.29) is 24.6 Å². The van der Waals surface area contributed by atoms with Gasteiger partial charge in [-0.2, -0.15) is 0 Å². The minimum Gasteiger partial charge on any atom is -0.382 e. The van der Waals surface area contributed by atoms with E-state index in [1.807, 2.05) is 0 Å². The number of carbonyl (C=O) groups excluding carboxylic acids is 1. The summed E-state index contributed by atoms with van der Waals surface area (Å²) >= 11 is 0. The third-order valence-electron chi connectivity index (χ3n) is 2.10. The lowest BCUT2D eigenvalue weighted by Crippen LogP contribution is -2.20. The van der Waals surface area contributed by atoms with Gasteiger partial charge in [0.05, 0.1) is 23.8 Å². The molecule has 0 saturated heterocycles. The van der Waals surface area contributed by atoms with Crippen LogP contribution in [-0.2, 0) is 14.3 Å². The SMILES string of the molecule is COCCOCC(=O)Nc1cc([N+](=O)[O-])ccc1F. The van der Waals surface area contributed by atoms with Crippen molar-refractivity contribution in [2.24, 2.45) is 0 Å². The standard InChI is InChI=1S/C11H13FN2O5/c1-18-4-5-19-7-11(15)13-10-6-8(14(16)17)2-3-9(10)12/h2-3,6H,4-5,7H2,1H3,(H,13,15). The van der Waals surface area contributed by atoms with Crippen molar-refractivity contribution >= 4 is 17.3 Å². The Bertz CT molecular complexity index is 466. The minimum absolute atomic E-state index is 0.224. The van der Waals surface area contributed by atoms with E-state index in [9.17, 15) is 19.3 Å². The van der Waals surface area contributed by atoms with E-state index >= 15 is 0 Å². The number of halogens is 1. The molecular formula is C11H13FN2O5. The van der Waals surface area contributed by atoms with Gasteiger partial charge in [0.2, 0.25) is 5.91 Å². The van der Waals surface area contributed by atoms with Gasteiger partial charge in [0.25, 0.3) is 5.69 Å². The van der Waals surface area contributed by atoms with Crippen LogP contribution in [0.15, 0.2) is 18.2 Å². The number of benzene rings is 1. The second-order valence-corrected chi connectivity index (χ2v) is 3.51. The van der Waals surface area contributed by atoms with Gasteiger partial charge < -0.3 is 14.8 Å². The molecule has 0 saturated carbocycles. The summed E-state index contributed by atoms with van der Waals surface area (Å²) in [6, 6.07) is 2.88. The Morgan fingerprint density at radius 3 is 2.84 bits per heavy atom. The van der Waals surface area contributed by atoms with Crippen LogP contribution in [0.25, 0.3) is 0 Å². The first-order valence-electron chi connectivity index (χ1n) is 5.35. The van der Waals surface area contributed by atoms with Crippen molar-refractivity contribution in [1.82, 2.24) is 0 Å². The summed E-state index contributed by atoms with van der Waals surface area (Å²) in [5.41, 5.74) is -0.563. The number of nitro benzene ring substituents is 1. The number of nitrogens with one attached hydrogen (secondary N) is 1. The van der Waals surface area contributed by atoms with Gasteiger partial charge in [0, 0.05) is 19.2 Å². The van der Waals surface area contributed by atoms with Crippen molar-refractivity contribution in [3.05, 3.63) is 34.1 Å². The predicted molar refractivity (Wildman–Crippen MR) is 64.4 cm³/mol. The molecule has 1 N–H and O–H groups in total. The van der Waals surface area contributed by atoms with Gasteiger partial charge >= 0.3 is 0 Å². The molecule has 0 aliphatic rings. The Kier molecular flexibility index (Phi) is 5.83. The number of nitrogens with zero attached hydrogens (tertiary/aromatic N) is 1. The van der Waals surface area contributed by atoms with Crippen LogP contribution in [-0.4, -0.2) is 37.8 Å². The Morgan fingerprint density at radius 2 is 2.21 bits per heavy atom. The van der Waals surface area contributed by atoms with Crippen LogP contribution < -0.4 is 5.32 Å². The molecule has 0 radical (unpaired) electrons. The predicted octanol–water partition coefficient (Wildman–Crippen LogP) is 1.34. The second kappa shape index (κ2) is 7.39. The maximum absolute atomic E-state index is 13.3. The van der Waals surface area contributed by atoms with Crippen LogP contribution in [0.4, 0.5) is 15.8 Å². The van der Waals surface area contributed by atoms with Gasteiger partial charge in [-0.1, -0.05) is 0 Å². The fourth-order valence-corrected chi connectivity index (χ4v) is 1.22. The summed E-state index contributed by atoms with van der Waals surface area (Å²) in [4.78, 5) is 21.2. The molecule has 19 heavy (non-hydrogen) atoms. The zero-order valence-corrected chi connectivity index (χ0v) is 10.2. The average molecular weight is 272 g/mol. The van der Waals surface area contributed by atoms with Crippen LogP contribution in [0.5, 0.6) is 0 Å². The summed E-state index contributed by atoms with van der Waals surface area (Å²) in [6.45, 7) is 0.269. The van der Waals surface area contributed by atoms with Crippen LogP contribution in [0, 0.1) is 15.9 Å². The van der Waals surface area contributed by atoms with E-state index in [0.29, 0.717) is 6.61 Å². The fourth-order valence-electron chi connectivity index (χ4n) is 1.22. The lowest BCUT2D eigenvalue weighted by atomic mass is 10.2. The maximum atomic E-state index is 13.3. The first-order chi connectivity index (χ1) is 9.04. The quantitative estimate of drug-likeness (QED) is 0.459. The number of amides is 1. The molecule has 0 heterocycles. The largest absolute Gasteiger partial charge is 0.382 e. The zero-order chi connectivity index (χ0) is 14.3. The van der Waals surface area contributed by atoms with Gasteiger partial charge in [-0.05, 0) is 6.07 Å². The molecule has 1 aromatic carbocycles. The minimum atomic E-state index is -0.754. The molecule has 0 aliphatic carbocycles. The molecule has 0 unspecified atom stereocenters. The van der Waals surface area contributed by atoms with Crippen molar-refractivity contribution < 1.29 is 23.6 Å². The van der Waals surface area contributed by atoms with Crippen molar-refractivity contribution in [2.75, 3.05) is 32.2 Å². The second-order valence-electron chi connectivity index (χ2n) is 3.51. The fraction of sp³-hybridized carbons (Fsp3) is 0.364. The number of carbonyl (C=O) groups is 1. The smallest absolute Gasteiger partial charge is 0.271 e. The summed E-state index contributed by atoms with van der Waals surface area (Å²) < 4.78 is 23.0. The average Bonchev–Trinajstić information content (AvgIpc) is 2.37. The molecule has 0 aromatic heterocycles. The third kappa shape index (κ3) is 4.98. The molecule has 8 heteroatoms. The van der Waals surface area contributed by atoms with Gasteiger partial charge in [-0.15, -0.1) is 0 Å². The molecular weight excluding hydrogens is 259 g/mol. The number of ether oxygens (including phenoxy) is 2. The van der Waals surface area contributed by atoms with E-state index < -0.39 is 16.6 Å². The molecule has 0 spiro atoms. The zero-order valence-electron chi connectivity index (χ0n) is 10.2. The number of nitro groups is 1. The van der Waals surface area contributed by atoms with E-state index in [1.165, 1.54) is 7.11 Å². The highest BCUT2D eigenvalue weighted by Gasteiger charge is 2.13. The van der Waals surface area contributed by atoms with E-state index in [4.69, 9.17) is 9.47 Å². The number of hydrogen-bond acceptors (Lipinski definition) is 5. The Hall–Kier alpha value is -2.06. The summed E-state index contributed by atoms with van der Waals surface area (Å²) in [6.07, 6.45) is 0. The molecule has 1 aromatic rings. The van der Waals surface area contributed by atoms with Crippen LogP contribution in [0.3, 0.4) is 0 Å². The van der Waals surface area contributed by atoms with E-state index in [1.54, 1.807) is 0 Å². The highest BCUT2D eigenvalue weighted by atomic mass is 19.1. The van der Waals surface area contributed by atoms with Crippen molar-refractivity contribution in [3.63, 3.8) is 0 Å². The number of hydrogen-bond donors (Lipinski definition) is 1. The lowest BCUT2D eigenvalue weighted by Gasteiger charge is -2.07. The van der Waals surface area contributed by atoms with Crippen LogP contribution >= 0.6 is 0 Å². The van der Waals surface area contributed by atoms with E-state index in [0.717, 1.165) is 18.2 Å². The first kappa shape index (κ1) is 15.0. The van der Waals surface area contributed by atoms with Crippen molar-refractivity contribution in [2.45, 2.75) is 0 Å². The van der Waals surface area contributed by atoms with Crippen molar-refractivity contribution in [3.8, 4) is 0 Å². The Morgan fingerprint density at radius 1 is 1.47 bits per heavy atom. The van der Waals surface area contributed by atoms with Crippen LogP contribution in [0.2, 0.25) is 0 Å². The van der Waals surface area contributed by atoms with Gasteiger partial charge in [0.1, 0.15) is 12.4 Å². The third-order valence-corrected chi connectivity index (χ3v) is 2.10. The molecule has 0 atom stereocenters. The molecule has 7 nitrogen and oxygen atoms in total. The van der Waals surface area contributed by atoms with E-state index in [2.05, 4.69) is 5.32 Å². The number of rotatable bonds is 7.